The Morgan fingerprint density at radius 2 is 2.00 bits per heavy atom. The minimum Gasteiger partial charge on any atom is -0.482 e. The van der Waals surface area contributed by atoms with Crippen LogP contribution in [0.2, 0.25) is 0 Å². The Morgan fingerprint density at radius 3 is 2.65 bits per heavy atom. The van der Waals surface area contributed by atoms with E-state index in [0.717, 1.165) is 6.26 Å². The van der Waals surface area contributed by atoms with E-state index in [4.69, 9.17) is 9.47 Å². The number of ether oxygens (including phenoxy) is 2. The first kappa shape index (κ1) is 31.7. The predicted molar refractivity (Wildman–Crippen MR) is 159 cm³/mol. The van der Waals surface area contributed by atoms with Crippen LogP contribution in [0.25, 0.3) is 0 Å². The normalized spacial score (nSPS) is 38.9. The Labute approximate surface area is 252 Å². The van der Waals surface area contributed by atoms with Crippen molar-refractivity contribution in [3.8, 4) is 5.75 Å². The van der Waals surface area contributed by atoms with E-state index in [-0.39, 0.29) is 35.9 Å². The number of aliphatic hydroxyl groups is 1. The molecule has 0 unspecified atom stereocenters. The minimum atomic E-state index is -3.83. The molecule has 234 valence electrons. The van der Waals surface area contributed by atoms with Gasteiger partial charge in [-0.2, -0.15) is 5.10 Å². The highest BCUT2D eigenvalue weighted by atomic mass is 32.2. The Balaban J connectivity index is 1.42. The van der Waals surface area contributed by atoms with Gasteiger partial charge in [-0.3, -0.25) is 4.79 Å². The van der Waals surface area contributed by atoms with Crippen LogP contribution in [0.3, 0.4) is 0 Å². The van der Waals surface area contributed by atoms with Gasteiger partial charge >= 0.3 is 13.0 Å². The highest BCUT2D eigenvalue weighted by Gasteiger charge is 2.70. The second-order valence-corrected chi connectivity index (χ2v) is 15.2. The van der Waals surface area contributed by atoms with E-state index in [1.807, 2.05) is 27.7 Å². The summed E-state index contributed by atoms with van der Waals surface area (Å²) < 4.78 is 51.6. The summed E-state index contributed by atoms with van der Waals surface area (Å²) in [6.45, 7) is 11.1. The van der Waals surface area contributed by atoms with Gasteiger partial charge < -0.3 is 19.6 Å². The molecule has 0 radical (unpaired) electrons. The number of alkyl halides is 1. The van der Waals surface area contributed by atoms with Crippen molar-refractivity contribution in [3.63, 3.8) is 0 Å². The molecule has 0 aromatic heterocycles. The molecule has 1 aromatic carbocycles. The molecule has 1 aromatic rings. The van der Waals surface area contributed by atoms with Crippen molar-refractivity contribution < 1.29 is 42.0 Å². The van der Waals surface area contributed by atoms with Crippen molar-refractivity contribution in [1.29, 1.82) is 0 Å². The van der Waals surface area contributed by atoms with Crippen molar-refractivity contribution in [3.05, 3.63) is 36.4 Å². The van der Waals surface area contributed by atoms with E-state index >= 15 is 4.39 Å². The van der Waals surface area contributed by atoms with Crippen LogP contribution in [0.15, 0.2) is 36.0 Å². The maximum atomic E-state index is 15.3. The lowest BCUT2D eigenvalue weighted by Gasteiger charge is -2.61. The second kappa shape index (κ2) is 10.7. The van der Waals surface area contributed by atoms with Crippen LogP contribution in [-0.2, 0) is 24.3 Å². The molecule has 1 aliphatic heterocycles. The van der Waals surface area contributed by atoms with Crippen molar-refractivity contribution in [1.82, 2.24) is 4.33 Å². The summed E-state index contributed by atoms with van der Waals surface area (Å²) in [5, 5.41) is 26.0. The van der Waals surface area contributed by atoms with E-state index in [9.17, 15) is 28.1 Å². The summed E-state index contributed by atoms with van der Waals surface area (Å²) >= 11 is 0. The molecule has 0 spiro atoms. The van der Waals surface area contributed by atoms with Gasteiger partial charge in [0.1, 0.15) is 11.9 Å². The van der Waals surface area contributed by atoms with Gasteiger partial charge in [0.25, 0.3) is 0 Å². The summed E-state index contributed by atoms with van der Waals surface area (Å²) in [5.74, 6) is -2.18. The molecular weight excluding hydrogens is 578 g/mol. The molecule has 3 fully saturated rings. The summed E-state index contributed by atoms with van der Waals surface area (Å²) in [6.07, 6.45) is 2.01. The molecule has 43 heavy (non-hydrogen) atoms. The number of Topliss-reactive ketones (excluding diaryl/α,β-unsaturated/α-hetero) is 1. The van der Waals surface area contributed by atoms with Crippen LogP contribution in [0.5, 0.6) is 5.75 Å². The zero-order valence-electron chi connectivity index (χ0n) is 25.2. The third-order valence-corrected chi connectivity index (χ3v) is 12.1. The number of ketones is 1. The predicted octanol–water partition coefficient (Wildman–Crippen LogP) is 2.22. The number of carbonyl (C=O) groups is 2. The molecule has 5 rings (SSSR count). The number of halogens is 1. The van der Waals surface area contributed by atoms with Crippen molar-refractivity contribution in [2.45, 2.75) is 71.8 Å². The van der Waals surface area contributed by atoms with Crippen LogP contribution >= 0.6 is 0 Å². The quantitative estimate of drug-likeness (QED) is 0.281. The molecule has 0 saturated heterocycles. The van der Waals surface area contributed by atoms with Crippen molar-refractivity contribution >= 4 is 40.5 Å². The van der Waals surface area contributed by atoms with Crippen LogP contribution in [0, 0.1) is 34.0 Å². The second-order valence-electron chi connectivity index (χ2n) is 13.4. The SMILES string of the molecule is C=C[C@]1(C)C[C@@H](OC(=O)COc2ccc3c(c2)B(O)N(S(C)(=O)=O)N=C3)[C@@]2(C)[C@@H]3C(=O)[C@@H](F)C[C@@]3(CC[C@@H]2C)[C@@H](C)[C@@H]1O. The Hall–Kier alpha value is -2.77. The zero-order chi connectivity index (χ0) is 31.7. The average molecular weight is 619 g/mol. The number of nitrogens with zero attached hydrogens (tertiary/aromatic N) is 2. The summed E-state index contributed by atoms with van der Waals surface area (Å²) in [7, 11) is -5.40. The molecule has 0 amide bonds. The monoisotopic (exact) mass is 618 g/mol. The molecule has 13 heteroatoms. The maximum absolute atomic E-state index is 15.3. The molecule has 3 saturated carbocycles. The smallest absolute Gasteiger partial charge is 0.482 e. The number of hydrazone groups is 1. The molecule has 9 atom stereocenters. The molecule has 10 nitrogen and oxygen atoms in total. The Morgan fingerprint density at radius 1 is 1.30 bits per heavy atom. The van der Waals surface area contributed by atoms with Gasteiger partial charge in [0.2, 0.25) is 10.0 Å². The number of hydrogen-bond donors (Lipinski definition) is 2. The van der Waals surface area contributed by atoms with Crippen molar-refractivity contribution in [2.75, 3.05) is 12.9 Å². The molecule has 4 aliphatic rings. The highest BCUT2D eigenvalue weighted by Crippen LogP contribution is 2.68. The number of esters is 1. The molecule has 1 heterocycles. The fourth-order valence-electron chi connectivity index (χ4n) is 8.33. The van der Waals surface area contributed by atoms with Gasteiger partial charge in [0.05, 0.1) is 18.6 Å². The summed E-state index contributed by atoms with van der Waals surface area (Å²) in [5.41, 5.74) is -1.81. The first-order chi connectivity index (χ1) is 20.0. The van der Waals surface area contributed by atoms with E-state index in [2.05, 4.69) is 11.7 Å². The average Bonchev–Trinajstić information content (AvgIpc) is 3.22. The standard InChI is InChI=1S/C30H40BFN2O8S/c1-7-28(4)14-23(29(5)17(2)10-11-30(18(3)27(28)37)13-22(32)25(36)26(29)30)42-24(35)16-41-20-9-8-19-15-33-34(43(6,39)40)31(38)21(19)12-20/h7-9,12,15,17-18,22-23,26-27,37-38H,1,10-11,13-14,16H2,2-6H3/t17-,18-,22-,23+,26-,27-,28+,29-,30-/m0/s1. The molecular formula is C30H40BFN2O8S. The largest absolute Gasteiger partial charge is 0.484 e. The van der Waals surface area contributed by atoms with Crippen LogP contribution in [-0.4, -0.2) is 79.1 Å². The number of carbonyl (C=O) groups excluding carboxylic acids is 2. The zero-order valence-corrected chi connectivity index (χ0v) is 26.0. The summed E-state index contributed by atoms with van der Waals surface area (Å²) in [4.78, 5) is 26.9. The minimum absolute atomic E-state index is 0.0414. The maximum Gasteiger partial charge on any atom is 0.484 e. The fraction of sp³-hybridized carbons (Fsp3) is 0.633. The number of rotatable bonds is 6. The third-order valence-electron chi connectivity index (χ3n) is 11.1. The number of hydrogen-bond acceptors (Lipinski definition) is 9. The first-order valence-electron chi connectivity index (χ1n) is 14.7. The van der Waals surface area contributed by atoms with Gasteiger partial charge in [0.15, 0.2) is 18.6 Å². The van der Waals surface area contributed by atoms with Gasteiger partial charge in [-0.15, -0.1) is 6.58 Å². The molecule has 2 bridgehead atoms. The van der Waals surface area contributed by atoms with Crippen LogP contribution in [0.4, 0.5) is 4.39 Å². The molecule has 2 N–H and O–H groups in total. The lowest BCUT2D eigenvalue weighted by atomic mass is 9.44. The number of benzene rings is 1. The number of fused-ring (bicyclic) bond motifs is 1. The topological polar surface area (TPSA) is 143 Å². The van der Waals surface area contributed by atoms with Gasteiger partial charge in [-0.25, -0.2) is 21.9 Å². The van der Waals surface area contributed by atoms with Gasteiger partial charge in [-0.1, -0.05) is 39.8 Å². The summed E-state index contributed by atoms with van der Waals surface area (Å²) in [6, 6.07) is 4.57. The Kier molecular flexibility index (Phi) is 7.87. The van der Waals surface area contributed by atoms with E-state index < -0.39 is 76.0 Å². The number of sulfonamides is 1. The van der Waals surface area contributed by atoms with Crippen LogP contribution in [0.1, 0.15) is 58.9 Å². The fourth-order valence-corrected chi connectivity index (χ4v) is 9.03. The van der Waals surface area contributed by atoms with Gasteiger partial charge in [-0.05, 0) is 66.1 Å². The lowest BCUT2D eigenvalue weighted by molar-refractivity contribution is -0.207. The Bertz CT molecular complexity index is 1470. The van der Waals surface area contributed by atoms with E-state index in [1.54, 1.807) is 18.2 Å². The van der Waals surface area contributed by atoms with Gasteiger partial charge in [0, 0.05) is 16.7 Å². The van der Waals surface area contributed by atoms with E-state index in [1.165, 1.54) is 12.3 Å². The van der Waals surface area contributed by atoms with E-state index in [0.29, 0.717) is 22.7 Å². The van der Waals surface area contributed by atoms with Crippen molar-refractivity contribution in [2.24, 2.45) is 39.1 Å². The number of aliphatic hydroxyl groups excluding tert-OH is 1. The first-order valence-corrected chi connectivity index (χ1v) is 16.5. The van der Waals surface area contributed by atoms with Crippen LogP contribution < -0.4 is 10.2 Å². The lowest BCUT2D eigenvalue weighted by Crippen LogP contribution is -2.63. The highest BCUT2D eigenvalue weighted by molar-refractivity contribution is 7.89. The molecule has 3 aliphatic carbocycles. The third kappa shape index (κ3) is 4.91.